The average Bonchev–Trinajstić information content (AvgIpc) is 2.95. The summed E-state index contributed by atoms with van der Waals surface area (Å²) in [6, 6.07) is 4.33. The number of alkyl halides is 1. The number of carbonyl (C=O) groups is 1. The van der Waals surface area contributed by atoms with E-state index in [-0.39, 0.29) is 17.0 Å². The van der Waals surface area contributed by atoms with Crippen LogP contribution in [0, 0.1) is 0 Å². The van der Waals surface area contributed by atoms with Gasteiger partial charge in [-0.2, -0.15) is 0 Å². The number of carboxylic acids is 1. The van der Waals surface area contributed by atoms with Crippen molar-refractivity contribution in [2.45, 2.75) is 6.67 Å². The number of aromatic carboxylic acids is 1. The van der Waals surface area contributed by atoms with Crippen LogP contribution in [0.25, 0.3) is 11.3 Å². The molecular formula is C13H12FNO5. The molecule has 2 aromatic rings. The second kappa shape index (κ2) is 5.60. The van der Waals surface area contributed by atoms with Crippen LogP contribution in [0.3, 0.4) is 0 Å². The summed E-state index contributed by atoms with van der Waals surface area (Å²) in [5.74, 6) is -0.898. The average molecular weight is 281 g/mol. The lowest BCUT2D eigenvalue weighted by molar-refractivity contribution is 0.0652. The molecule has 1 aromatic carbocycles. The fourth-order valence-corrected chi connectivity index (χ4v) is 1.80. The van der Waals surface area contributed by atoms with Crippen molar-refractivity contribution >= 4 is 5.97 Å². The Morgan fingerprint density at radius 3 is 2.60 bits per heavy atom. The Hall–Kier alpha value is -2.57. The summed E-state index contributed by atoms with van der Waals surface area (Å²) in [5, 5.41) is 12.4. The molecule has 0 fully saturated rings. The van der Waals surface area contributed by atoms with Crippen LogP contribution in [0.15, 0.2) is 22.7 Å². The van der Waals surface area contributed by atoms with Crippen LogP contribution in [0.5, 0.6) is 11.5 Å². The highest BCUT2D eigenvalue weighted by Gasteiger charge is 2.17. The fraction of sp³-hybridized carbons (Fsp3) is 0.231. The first-order valence-corrected chi connectivity index (χ1v) is 5.62. The first kappa shape index (κ1) is 13.9. The van der Waals surface area contributed by atoms with Crippen molar-refractivity contribution in [3.63, 3.8) is 0 Å². The van der Waals surface area contributed by atoms with Crippen LogP contribution in [-0.2, 0) is 6.67 Å². The van der Waals surface area contributed by atoms with E-state index in [0.29, 0.717) is 17.1 Å². The van der Waals surface area contributed by atoms with Gasteiger partial charge in [-0.05, 0) is 12.1 Å². The first-order valence-electron chi connectivity index (χ1n) is 5.62. The van der Waals surface area contributed by atoms with E-state index < -0.39 is 12.6 Å². The number of nitrogens with zero attached hydrogens (tertiary/aromatic N) is 1. The van der Waals surface area contributed by atoms with Crippen molar-refractivity contribution in [1.29, 1.82) is 0 Å². The number of rotatable bonds is 5. The molecular weight excluding hydrogens is 269 g/mol. The van der Waals surface area contributed by atoms with Gasteiger partial charge >= 0.3 is 5.97 Å². The Balaban J connectivity index is 2.53. The standard InChI is InChI=1S/C13H12FNO5/c1-18-10-4-7(3-8(6-14)12(10)19-2)9-5-11(13(16)17)20-15-9/h3-5H,6H2,1-2H3,(H,16,17). The largest absolute Gasteiger partial charge is 0.493 e. The van der Waals surface area contributed by atoms with Gasteiger partial charge in [-0.25, -0.2) is 9.18 Å². The normalized spacial score (nSPS) is 10.3. The van der Waals surface area contributed by atoms with E-state index in [1.54, 1.807) is 6.07 Å². The fourth-order valence-electron chi connectivity index (χ4n) is 1.80. The summed E-state index contributed by atoms with van der Waals surface area (Å²) in [4.78, 5) is 10.8. The highest BCUT2D eigenvalue weighted by atomic mass is 19.1. The van der Waals surface area contributed by atoms with E-state index >= 15 is 0 Å². The van der Waals surface area contributed by atoms with E-state index in [9.17, 15) is 9.18 Å². The van der Waals surface area contributed by atoms with Crippen LogP contribution in [0.1, 0.15) is 16.1 Å². The molecule has 0 radical (unpaired) electrons. The number of ether oxygens (including phenoxy) is 2. The lowest BCUT2D eigenvalue weighted by atomic mass is 10.1. The van der Waals surface area contributed by atoms with Gasteiger partial charge in [-0.3, -0.25) is 0 Å². The zero-order valence-corrected chi connectivity index (χ0v) is 10.8. The third-order valence-electron chi connectivity index (χ3n) is 2.72. The Labute approximate surface area is 113 Å². The summed E-state index contributed by atoms with van der Waals surface area (Å²) >= 11 is 0. The molecule has 0 saturated heterocycles. The topological polar surface area (TPSA) is 81.8 Å². The zero-order chi connectivity index (χ0) is 14.7. The van der Waals surface area contributed by atoms with Crippen molar-refractivity contribution in [2.75, 3.05) is 14.2 Å². The van der Waals surface area contributed by atoms with Gasteiger partial charge < -0.3 is 19.1 Å². The van der Waals surface area contributed by atoms with E-state index in [1.807, 2.05) is 0 Å². The maximum Gasteiger partial charge on any atom is 0.374 e. The van der Waals surface area contributed by atoms with Gasteiger partial charge in [0.25, 0.3) is 0 Å². The summed E-state index contributed by atoms with van der Waals surface area (Å²) in [6.07, 6.45) is 0. The molecule has 0 spiro atoms. The number of methoxy groups -OCH3 is 2. The van der Waals surface area contributed by atoms with Gasteiger partial charge in [-0.15, -0.1) is 0 Å². The van der Waals surface area contributed by atoms with Crippen molar-refractivity contribution in [1.82, 2.24) is 5.16 Å². The molecule has 6 nitrogen and oxygen atoms in total. The smallest absolute Gasteiger partial charge is 0.374 e. The molecule has 1 heterocycles. The molecule has 7 heteroatoms. The second-order valence-corrected chi connectivity index (χ2v) is 3.89. The summed E-state index contributed by atoms with van der Waals surface area (Å²) in [6.45, 7) is -0.753. The van der Waals surface area contributed by atoms with Crippen molar-refractivity contribution in [3.05, 3.63) is 29.5 Å². The number of carboxylic acid groups (broad SMARTS) is 1. The Morgan fingerprint density at radius 2 is 2.10 bits per heavy atom. The van der Waals surface area contributed by atoms with Crippen LogP contribution in [-0.4, -0.2) is 30.5 Å². The molecule has 106 valence electrons. The van der Waals surface area contributed by atoms with Crippen LogP contribution < -0.4 is 9.47 Å². The Bertz CT molecular complexity index is 612. The van der Waals surface area contributed by atoms with Gasteiger partial charge in [0, 0.05) is 17.2 Å². The predicted octanol–water partition coefficient (Wildman–Crippen LogP) is 2.53. The lowest BCUT2D eigenvalue weighted by Crippen LogP contribution is -1.96. The monoisotopic (exact) mass is 281 g/mol. The minimum Gasteiger partial charge on any atom is -0.493 e. The van der Waals surface area contributed by atoms with Crippen LogP contribution >= 0.6 is 0 Å². The molecule has 0 saturated carbocycles. The van der Waals surface area contributed by atoms with E-state index in [2.05, 4.69) is 9.68 Å². The lowest BCUT2D eigenvalue weighted by Gasteiger charge is -2.12. The van der Waals surface area contributed by atoms with Gasteiger partial charge in [0.15, 0.2) is 11.5 Å². The first-order chi connectivity index (χ1) is 9.60. The van der Waals surface area contributed by atoms with Gasteiger partial charge in [-0.1, -0.05) is 5.16 Å². The molecule has 20 heavy (non-hydrogen) atoms. The van der Waals surface area contributed by atoms with Gasteiger partial charge in [0.1, 0.15) is 12.4 Å². The quantitative estimate of drug-likeness (QED) is 0.906. The van der Waals surface area contributed by atoms with E-state index in [0.717, 1.165) is 0 Å². The van der Waals surface area contributed by atoms with Gasteiger partial charge in [0.2, 0.25) is 5.76 Å². The summed E-state index contributed by atoms with van der Waals surface area (Å²) in [5.41, 5.74) is 1.03. The Kier molecular flexibility index (Phi) is 3.88. The molecule has 0 atom stereocenters. The third kappa shape index (κ3) is 2.42. The number of halogens is 1. The number of aromatic nitrogens is 1. The summed E-state index contributed by atoms with van der Waals surface area (Å²) < 4.78 is 27.9. The number of benzene rings is 1. The summed E-state index contributed by atoms with van der Waals surface area (Å²) in [7, 11) is 2.84. The van der Waals surface area contributed by atoms with Gasteiger partial charge in [0.05, 0.1) is 14.2 Å². The van der Waals surface area contributed by atoms with Crippen LogP contribution in [0.2, 0.25) is 0 Å². The third-order valence-corrected chi connectivity index (χ3v) is 2.72. The SMILES string of the molecule is COc1cc(-c2cc(C(=O)O)on2)cc(CF)c1OC. The molecule has 0 unspecified atom stereocenters. The van der Waals surface area contributed by atoms with E-state index in [4.69, 9.17) is 14.6 Å². The zero-order valence-electron chi connectivity index (χ0n) is 10.8. The maximum absolute atomic E-state index is 13.0. The second-order valence-electron chi connectivity index (χ2n) is 3.89. The van der Waals surface area contributed by atoms with E-state index in [1.165, 1.54) is 26.4 Å². The molecule has 0 bridgehead atoms. The minimum absolute atomic E-state index is 0.276. The maximum atomic E-state index is 13.0. The molecule has 1 aromatic heterocycles. The number of hydrogen-bond donors (Lipinski definition) is 1. The highest BCUT2D eigenvalue weighted by Crippen LogP contribution is 2.36. The minimum atomic E-state index is -1.23. The van der Waals surface area contributed by atoms with Crippen LogP contribution in [0.4, 0.5) is 4.39 Å². The highest BCUT2D eigenvalue weighted by molar-refractivity contribution is 5.85. The molecule has 0 aliphatic heterocycles. The van der Waals surface area contributed by atoms with Crippen molar-refractivity contribution < 1.29 is 28.3 Å². The Morgan fingerprint density at radius 1 is 1.35 bits per heavy atom. The number of hydrogen-bond acceptors (Lipinski definition) is 5. The molecule has 2 rings (SSSR count). The molecule has 0 aliphatic carbocycles. The van der Waals surface area contributed by atoms with Crippen molar-refractivity contribution in [3.8, 4) is 22.8 Å². The predicted molar refractivity (Wildman–Crippen MR) is 66.8 cm³/mol. The molecule has 0 amide bonds. The van der Waals surface area contributed by atoms with Crippen molar-refractivity contribution in [2.24, 2.45) is 0 Å². The molecule has 1 N–H and O–H groups in total. The molecule has 0 aliphatic rings.